The van der Waals surface area contributed by atoms with Crippen molar-refractivity contribution >= 4 is 11.1 Å². The van der Waals surface area contributed by atoms with Crippen molar-refractivity contribution in [2.75, 3.05) is 0 Å². The third kappa shape index (κ3) is 13.5. The molecular weight excluding hydrogens is 432 g/mol. The van der Waals surface area contributed by atoms with Crippen LogP contribution in [-0.4, -0.2) is 0 Å². The van der Waals surface area contributed by atoms with Gasteiger partial charge in [0.2, 0.25) is 0 Å². The van der Waals surface area contributed by atoms with E-state index in [0.717, 1.165) is 24.0 Å². The second-order valence-electron chi connectivity index (χ2n) is 9.32. The summed E-state index contributed by atoms with van der Waals surface area (Å²) in [5.74, 6) is 0. The Morgan fingerprint density at radius 2 is 1.33 bits per heavy atom. The van der Waals surface area contributed by atoms with Crippen molar-refractivity contribution < 1.29 is 0 Å². The van der Waals surface area contributed by atoms with Crippen LogP contribution in [0, 0.1) is 6.92 Å². The first-order chi connectivity index (χ1) is 17.5. The summed E-state index contributed by atoms with van der Waals surface area (Å²) in [6.45, 7) is 25.2. The van der Waals surface area contributed by atoms with Crippen molar-refractivity contribution in [3.63, 3.8) is 0 Å². The summed E-state index contributed by atoms with van der Waals surface area (Å²) in [4.78, 5) is 0. The molecule has 0 spiro atoms. The van der Waals surface area contributed by atoms with E-state index in [9.17, 15) is 0 Å². The number of rotatable bonds is 15. The maximum absolute atomic E-state index is 4.44. The standard InChI is InChI=1S/C32H44.C2H6.C2H4/c1-6-7-8-9-10-11-12-13-14-19-30-20-16-21-31(26(2)3)32(30)28(5)17-15-18-29-24-22-27(4)23-25-29;2*1-2/h15-17,20-25H,2,5-14,18-19H2,1,3-4H3;1-2H3;1-2H2/b17-15+;;. The van der Waals surface area contributed by atoms with Gasteiger partial charge in [0.1, 0.15) is 0 Å². The van der Waals surface area contributed by atoms with E-state index in [1.54, 1.807) is 0 Å². The fourth-order valence-corrected chi connectivity index (χ4v) is 4.31. The van der Waals surface area contributed by atoms with Gasteiger partial charge in [-0.25, -0.2) is 0 Å². The van der Waals surface area contributed by atoms with Crippen molar-refractivity contribution in [1.29, 1.82) is 0 Å². The van der Waals surface area contributed by atoms with E-state index < -0.39 is 0 Å². The molecule has 0 fully saturated rings. The van der Waals surface area contributed by atoms with E-state index in [1.807, 2.05) is 13.8 Å². The second kappa shape index (κ2) is 21.7. The molecule has 0 radical (unpaired) electrons. The fraction of sp³-hybridized carbons (Fsp3) is 0.444. The number of benzene rings is 2. The summed E-state index contributed by atoms with van der Waals surface area (Å²) in [6, 6.07) is 15.4. The second-order valence-corrected chi connectivity index (χ2v) is 9.32. The molecular formula is C36H54. The highest BCUT2D eigenvalue weighted by Gasteiger charge is 2.11. The van der Waals surface area contributed by atoms with Crippen LogP contribution < -0.4 is 0 Å². The lowest BCUT2D eigenvalue weighted by Gasteiger charge is -2.16. The maximum Gasteiger partial charge on any atom is -0.00829 e. The van der Waals surface area contributed by atoms with Crippen LogP contribution >= 0.6 is 0 Å². The van der Waals surface area contributed by atoms with Crippen LogP contribution in [0.4, 0.5) is 0 Å². The van der Waals surface area contributed by atoms with Crippen LogP contribution in [0.2, 0.25) is 0 Å². The first-order valence-corrected chi connectivity index (χ1v) is 14.2. The monoisotopic (exact) mass is 486 g/mol. The van der Waals surface area contributed by atoms with Gasteiger partial charge in [-0.1, -0.05) is 151 Å². The number of aryl methyl sites for hydroxylation is 2. The Labute approximate surface area is 225 Å². The zero-order valence-corrected chi connectivity index (χ0v) is 24.3. The summed E-state index contributed by atoms with van der Waals surface area (Å²) >= 11 is 0. The maximum atomic E-state index is 4.44. The van der Waals surface area contributed by atoms with Crippen LogP contribution in [0.3, 0.4) is 0 Å². The van der Waals surface area contributed by atoms with E-state index in [-0.39, 0.29) is 0 Å². The summed E-state index contributed by atoms with van der Waals surface area (Å²) in [5.41, 5.74) is 8.80. The molecule has 2 aromatic rings. The van der Waals surface area contributed by atoms with Crippen LogP contribution in [0.5, 0.6) is 0 Å². The lowest BCUT2D eigenvalue weighted by molar-refractivity contribution is 0.565. The lowest BCUT2D eigenvalue weighted by atomic mass is 9.89. The van der Waals surface area contributed by atoms with Gasteiger partial charge in [-0.05, 0) is 60.9 Å². The molecule has 0 aliphatic rings. The van der Waals surface area contributed by atoms with Crippen molar-refractivity contribution in [3.05, 3.63) is 109 Å². The number of hydrogen-bond donors (Lipinski definition) is 0. The lowest BCUT2D eigenvalue weighted by Crippen LogP contribution is -1.98. The molecule has 0 heteroatoms. The molecule has 0 unspecified atom stereocenters. The SMILES string of the molecule is C=C.C=C(C)c1cccc(CCCCCCCCCCC)c1C(=C)/C=C/Cc1ccc(C)cc1.CC. The van der Waals surface area contributed by atoms with Crippen molar-refractivity contribution in [2.45, 2.75) is 105 Å². The minimum Gasteiger partial charge on any atom is -0.106 e. The molecule has 2 aromatic carbocycles. The molecule has 198 valence electrons. The number of unbranched alkanes of at least 4 members (excludes halogenated alkanes) is 8. The van der Waals surface area contributed by atoms with E-state index in [2.05, 4.69) is 102 Å². The summed E-state index contributed by atoms with van der Waals surface area (Å²) < 4.78 is 0. The average Bonchev–Trinajstić information content (AvgIpc) is 2.91. The predicted octanol–water partition coefficient (Wildman–Crippen LogP) is 11.7. The first-order valence-electron chi connectivity index (χ1n) is 14.2. The van der Waals surface area contributed by atoms with Crippen LogP contribution in [-0.2, 0) is 12.8 Å². The molecule has 36 heavy (non-hydrogen) atoms. The molecule has 0 saturated carbocycles. The highest BCUT2D eigenvalue weighted by molar-refractivity contribution is 5.83. The third-order valence-electron chi connectivity index (χ3n) is 6.27. The minimum absolute atomic E-state index is 0.933. The van der Waals surface area contributed by atoms with Gasteiger partial charge in [0.05, 0.1) is 0 Å². The van der Waals surface area contributed by atoms with Crippen molar-refractivity contribution in [3.8, 4) is 0 Å². The van der Waals surface area contributed by atoms with Crippen LogP contribution in [0.1, 0.15) is 113 Å². The van der Waals surface area contributed by atoms with Gasteiger partial charge >= 0.3 is 0 Å². The van der Waals surface area contributed by atoms with Gasteiger partial charge in [-0.2, -0.15) is 0 Å². The quantitative estimate of drug-likeness (QED) is 0.133. The molecule has 0 saturated heterocycles. The Morgan fingerprint density at radius 1 is 0.778 bits per heavy atom. The Balaban J connectivity index is 0.00000291. The molecule has 0 bridgehead atoms. The molecule has 0 heterocycles. The molecule has 0 aliphatic heterocycles. The Hall–Kier alpha value is -2.60. The topological polar surface area (TPSA) is 0 Å². The summed E-state index contributed by atoms with van der Waals surface area (Å²) in [5, 5.41) is 0. The summed E-state index contributed by atoms with van der Waals surface area (Å²) in [6.07, 6.45) is 18.8. The number of allylic oxidation sites excluding steroid dienone is 4. The van der Waals surface area contributed by atoms with Crippen molar-refractivity contribution in [2.24, 2.45) is 0 Å². The third-order valence-corrected chi connectivity index (χ3v) is 6.27. The molecule has 0 N–H and O–H groups in total. The molecule has 0 aliphatic carbocycles. The highest BCUT2D eigenvalue weighted by Crippen LogP contribution is 2.29. The van der Waals surface area contributed by atoms with Gasteiger partial charge in [-0.3, -0.25) is 0 Å². The van der Waals surface area contributed by atoms with Gasteiger partial charge < -0.3 is 0 Å². The van der Waals surface area contributed by atoms with E-state index >= 15 is 0 Å². The summed E-state index contributed by atoms with van der Waals surface area (Å²) in [7, 11) is 0. The Kier molecular flexibility index (Phi) is 20.1. The molecule has 0 nitrogen and oxygen atoms in total. The highest BCUT2D eigenvalue weighted by atomic mass is 14.1. The van der Waals surface area contributed by atoms with Crippen LogP contribution in [0.25, 0.3) is 11.1 Å². The minimum atomic E-state index is 0.933. The molecule has 0 amide bonds. The average molecular weight is 487 g/mol. The van der Waals surface area contributed by atoms with Gasteiger partial charge in [0.25, 0.3) is 0 Å². The zero-order valence-electron chi connectivity index (χ0n) is 24.3. The molecule has 0 aromatic heterocycles. The molecule has 2 rings (SSSR count). The van der Waals surface area contributed by atoms with Gasteiger partial charge in [-0.15, -0.1) is 13.2 Å². The van der Waals surface area contributed by atoms with E-state index in [1.165, 1.54) is 85.6 Å². The van der Waals surface area contributed by atoms with E-state index in [0.29, 0.717) is 0 Å². The van der Waals surface area contributed by atoms with Gasteiger partial charge in [0, 0.05) is 0 Å². The predicted molar refractivity (Wildman–Crippen MR) is 168 cm³/mol. The normalized spacial score (nSPS) is 10.2. The fourth-order valence-electron chi connectivity index (χ4n) is 4.31. The smallest absolute Gasteiger partial charge is 0.00829 e. The largest absolute Gasteiger partial charge is 0.106 e. The van der Waals surface area contributed by atoms with Gasteiger partial charge in [0.15, 0.2) is 0 Å². The van der Waals surface area contributed by atoms with Crippen molar-refractivity contribution in [1.82, 2.24) is 0 Å². The Morgan fingerprint density at radius 3 is 1.89 bits per heavy atom. The van der Waals surface area contributed by atoms with Crippen LogP contribution in [0.15, 0.2) is 80.9 Å². The Bertz CT molecular complexity index is 879. The van der Waals surface area contributed by atoms with E-state index in [4.69, 9.17) is 0 Å². The molecule has 0 atom stereocenters. The first kappa shape index (κ1) is 33.4. The zero-order chi connectivity index (χ0) is 27.2. The number of hydrogen-bond acceptors (Lipinski definition) is 0.